The van der Waals surface area contributed by atoms with Crippen molar-refractivity contribution < 1.29 is 0 Å². The molecule has 0 saturated carbocycles. The molecule has 9 heavy (non-hydrogen) atoms. The molecule has 4 heteroatoms. The zero-order valence-corrected chi connectivity index (χ0v) is 5.99. The van der Waals surface area contributed by atoms with Gasteiger partial charge in [0.25, 0.3) is 5.12 Å². The van der Waals surface area contributed by atoms with E-state index < -0.39 is 5.12 Å². The van der Waals surface area contributed by atoms with Gasteiger partial charge in [0.1, 0.15) is 0 Å². The highest BCUT2D eigenvalue weighted by Gasteiger charge is 2.39. The molecule has 1 aromatic heterocycles. The van der Waals surface area contributed by atoms with Gasteiger partial charge in [-0.25, -0.2) is 0 Å². The molecule has 0 bridgehead atoms. The molecule has 0 atom stereocenters. The van der Waals surface area contributed by atoms with Crippen molar-refractivity contribution in [3.8, 4) is 0 Å². The summed E-state index contributed by atoms with van der Waals surface area (Å²) >= 11 is 7.39. The predicted molar refractivity (Wildman–Crippen MR) is 36.7 cm³/mol. The van der Waals surface area contributed by atoms with Gasteiger partial charge in [0.05, 0.1) is 0 Å². The first-order chi connectivity index (χ1) is 4.31. The molecule has 2 nitrogen and oxygen atoms in total. The number of halogens is 1. The normalized spacial score (nSPS) is 20.1. The van der Waals surface area contributed by atoms with Crippen LogP contribution in [0.1, 0.15) is 5.56 Å². The molecule has 1 aromatic rings. The largest absolute Gasteiger partial charge is 0.289 e. The molecule has 0 spiro atoms. The van der Waals surface area contributed by atoms with Crippen molar-refractivity contribution >= 4 is 22.9 Å². The molecule has 2 rings (SSSR count). The predicted octanol–water partition coefficient (Wildman–Crippen LogP) is 2.56. The van der Waals surface area contributed by atoms with Gasteiger partial charge in [0, 0.05) is 5.56 Å². The van der Waals surface area contributed by atoms with Crippen LogP contribution in [0.3, 0.4) is 0 Å². The van der Waals surface area contributed by atoms with Gasteiger partial charge in [-0.15, -0.1) is 10.2 Å². The Balaban J connectivity index is 2.36. The first-order valence-electron chi connectivity index (χ1n) is 2.47. The smallest absolute Gasteiger partial charge is 0.152 e. The Labute approximate surface area is 61.2 Å². The fourth-order valence-corrected chi connectivity index (χ4v) is 1.52. The van der Waals surface area contributed by atoms with E-state index in [0.717, 1.165) is 5.56 Å². The third-order valence-electron chi connectivity index (χ3n) is 1.16. The van der Waals surface area contributed by atoms with E-state index in [1.807, 2.05) is 16.8 Å². The molecule has 1 aliphatic rings. The highest BCUT2D eigenvalue weighted by atomic mass is 35.5. The van der Waals surface area contributed by atoms with Crippen molar-refractivity contribution in [3.63, 3.8) is 0 Å². The first kappa shape index (κ1) is 5.38. The van der Waals surface area contributed by atoms with Crippen LogP contribution in [0.5, 0.6) is 0 Å². The van der Waals surface area contributed by atoms with Gasteiger partial charge < -0.3 is 0 Å². The second-order valence-electron chi connectivity index (χ2n) is 1.80. The number of rotatable bonds is 1. The van der Waals surface area contributed by atoms with Crippen LogP contribution in [0.25, 0.3) is 0 Å². The SMILES string of the molecule is ClC1(c2ccsc2)N=N1. The monoisotopic (exact) mass is 158 g/mol. The molecule has 46 valence electrons. The van der Waals surface area contributed by atoms with E-state index in [0.29, 0.717) is 0 Å². The van der Waals surface area contributed by atoms with Gasteiger partial charge in [-0.05, 0) is 16.8 Å². The Bertz CT molecular complexity index is 235. The molecule has 2 heterocycles. The van der Waals surface area contributed by atoms with Crippen LogP contribution >= 0.6 is 22.9 Å². The summed E-state index contributed by atoms with van der Waals surface area (Å²) < 4.78 is 0. The summed E-state index contributed by atoms with van der Waals surface area (Å²) in [6, 6.07) is 1.93. The summed E-state index contributed by atoms with van der Waals surface area (Å²) in [6.45, 7) is 0. The van der Waals surface area contributed by atoms with Crippen molar-refractivity contribution in [1.29, 1.82) is 0 Å². The second-order valence-corrected chi connectivity index (χ2v) is 3.11. The zero-order chi connectivity index (χ0) is 6.32. The summed E-state index contributed by atoms with van der Waals surface area (Å²) in [4.78, 5) is 0. The Hall–Kier alpha value is -0.410. The van der Waals surface area contributed by atoms with Gasteiger partial charge in [-0.3, -0.25) is 0 Å². The zero-order valence-electron chi connectivity index (χ0n) is 4.41. The fourth-order valence-electron chi connectivity index (χ4n) is 0.605. The molecule has 0 unspecified atom stereocenters. The van der Waals surface area contributed by atoms with E-state index in [1.165, 1.54) is 0 Å². The molecule has 0 amide bonds. The minimum Gasteiger partial charge on any atom is -0.152 e. The van der Waals surface area contributed by atoms with E-state index in [-0.39, 0.29) is 0 Å². The maximum Gasteiger partial charge on any atom is 0.289 e. The topological polar surface area (TPSA) is 24.7 Å². The van der Waals surface area contributed by atoms with Gasteiger partial charge in [0.15, 0.2) is 0 Å². The Kier molecular flexibility index (Phi) is 0.926. The van der Waals surface area contributed by atoms with Crippen LogP contribution in [-0.2, 0) is 5.12 Å². The highest BCUT2D eigenvalue weighted by molar-refractivity contribution is 7.08. The van der Waals surface area contributed by atoms with Gasteiger partial charge in [0.2, 0.25) is 0 Å². The third-order valence-corrected chi connectivity index (χ3v) is 2.22. The van der Waals surface area contributed by atoms with Crippen LogP contribution in [0.2, 0.25) is 0 Å². The minimum absolute atomic E-state index is 0.694. The van der Waals surface area contributed by atoms with Crippen LogP contribution in [0.15, 0.2) is 27.1 Å². The average molecular weight is 159 g/mol. The lowest BCUT2D eigenvalue weighted by molar-refractivity contribution is 0.949. The quantitative estimate of drug-likeness (QED) is 0.443. The summed E-state index contributed by atoms with van der Waals surface area (Å²) in [5, 5.41) is 10.6. The molecule has 0 saturated heterocycles. The Morgan fingerprint density at radius 1 is 1.56 bits per heavy atom. The van der Waals surface area contributed by atoms with E-state index >= 15 is 0 Å². The number of hydrogen-bond acceptors (Lipinski definition) is 3. The van der Waals surface area contributed by atoms with E-state index in [1.54, 1.807) is 11.3 Å². The van der Waals surface area contributed by atoms with Crippen molar-refractivity contribution in [2.75, 3.05) is 0 Å². The van der Waals surface area contributed by atoms with Crippen LogP contribution < -0.4 is 0 Å². The fraction of sp³-hybridized carbons (Fsp3) is 0.200. The number of hydrogen-bond donors (Lipinski definition) is 0. The summed E-state index contributed by atoms with van der Waals surface area (Å²) in [6.07, 6.45) is 0. The molecular weight excluding hydrogens is 156 g/mol. The second kappa shape index (κ2) is 1.55. The van der Waals surface area contributed by atoms with E-state index in [9.17, 15) is 0 Å². The van der Waals surface area contributed by atoms with Crippen molar-refractivity contribution in [1.82, 2.24) is 0 Å². The van der Waals surface area contributed by atoms with E-state index in [4.69, 9.17) is 11.6 Å². The van der Waals surface area contributed by atoms with Crippen molar-refractivity contribution in [2.45, 2.75) is 5.12 Å². The molecule has 0 aliphatic carbocycles. The van der Waals surface area contributed by atoms with Gasteiger partial charge >= 0.3 is 0 Å². The molecule has 0 fully saturated rings. The summed E-state index contributed by atoms with van der Waals surface area (Å²) in [5.74, 6) is 0. The lowest BCUT2D eigenvalue weighted by atomic mass is 10.3. The molecule has 0 aromatic carbocycles. The molecule has 0 N–H and O–H groups in total. The summed E-state index contributed by atoms with van der Waals surface area (Å²) in [7, 11) is 0. The third kappa shape index (κ3) is 0.767. The van der Waals surface area contributed by atoms with Crippen LogP contribution in [0.4, 0.5) is 0 Å². The molecular formula is C5H3ClN2S. The lowest BCUT2D eigenvalue weighted by Gasteiger charge is -1.92. The standard InChI is InChI=1S/C5H3ClN2S/c6-5(7-8-5)4-1-2-9-3-4/h1-3H. The average Bonchev–Trinajstić information content (AvgIpc) is 2.46. The number of alkyl halides is 1. The van der Waals surface area contributed by atoms with Gasteiger partial charge in [-0.2, -0.15) is 11.3 Å². The Morgan fingerprint density at radius 2 is 2.33 bits per heavy atom. The number of nitrogens with zero attached hydrogens (tertiary/aromatic N) is 2. The lowest BCUT2D eigenvalue weighted by Crippen LogP contribution is -1.93. The minimum atomic E-state index is -0.694. The van der Waals surface area contributed by atoms with Crippen LogP contribution in [-0.4, -0.2) is 0 Å². The van der Waals surface area contributed by atoms with Crippen molar-refractivity contribution in [3.05, 3.63) is 22.4 Å². The highest BCUT2D eigenvalue weighted by Crippen LogP contribution is 2.44. The van der Waals surface area contributed by atoms with E-state index in [2.05, 4.69) is 10.2 Å². The maximum absolute atomic E-state index is 5.78. The molecule has 0 radical (unpaired) electrons. The van der Waals surface area contributed by atoms with Gasteiger partial charge in [-0.1, -0.05) is 11.6 Å². The molecule has 1 aliphatic heterocycles. The van der Waals surface area contributed by atoms with Crippen LogP contribution in [0, 0.1) is 0 Å². The summed E-state index contributed by atoms with van der Waals surface area (Å²) in [5.41, 5.74) is 0.981. The van der Waals surface area contributed by atoms with Crippen molar-refractivity contribution in [2.24, 2.45) is 10.2 Å². The Morgan fingerprint density at radius 3 is 2.78 bits per heavy atom. The number of thiophene rings is 1. The first-order valence-corrected chi connectivity index (χ1v) is 3.79. The maximum atomic E-state index is 5.78.